The van der Waals surface area contributed by atoms with E-state index in [1.54, 1.807) is 7.11 Å². The van der Waals surface area contributed by atoms with Crippen LogP contribution in [0.5, 0.6) is 5.75 Å². The number of hydrogen-bond acceptors (Lipinski definition) is 7. The molecule has 154 valence electrons. The molecular weight excluding hydrogens is 408 g/mol. The van der Waals surface area contributed by atoms with Gasteiger partial charge in [0.25, 0.3) is 0 Å². The Balaban J connectivity index is 1.41. The molecule has 2 heterocycles. The van der Waals surface area contributed by atoms with Crippen LogP contribution in [0.3, 0.4) is 0 Å². The molecule has 0 saturated carbocycles. The van der Waals surface area contributed by atoms with Gasteiger partial charge in [0.2, 0.25) is 15.9 Å². The zero-order valence-corrected chi connectivity index (χ0v) is 16.8. The summed E-state index contributed by atoms with van der Waals surface area (Å²) in [5, 5.41) is 0.526. The molecular formula is C21H18N2O6S. The summed E-state index contributed by atoms with van der Waals surface area (Å²) < 4.78 is 43.3. The molecule has 0 radical (unpaired) electrons. The molecule has 0 atom stereocenters. The van der Waals surface area contributed by atoms with E-state index in [1.807, 2.05) is 24.3 Å². The second-order valence-corrected chi connectivity index (χ2v) is 8.24. The molecule has 2 aromatic heterocycles. The van der Waals surface area contributed by atoms with E-state index in [1.165, 1.54) is 36.6 Å². The molecule has 4 aromatic rings. The molecule has 0 aliphatic rings. The van der Waals surface area contributed by atoms with Crippen LogP contribution in [0.25, 0.3) is 22.4 Å². The highest BCUT2D eigenvalue weighted by Crippen LogP contribution is 2.22. The molecule has 0 amide bonds. The summed E-state index contributed by atoms with van der Waals surface area (Å²) in [6.45, 7) is 0.152. The normalized spacial score (nSPS) is 11.6. The number of nitrogens with one attached hydrogen (secondary N) is 1. The zero-order valence-electron chi connectivity index (χ0n) is 16.0. The zero-order chi connectivity index (χ0) is 21.1. The maximum absolute atomic E-state index is 12.6. The number of methoxy groups -OCH3 is 1. The van der Waals surface area contributed by atoms with Crippen molar-refractivity contribution < 1.29 is 22.0 Å². The highest BCUT2D eigenvalue weighted by Gasteiger charge is 2.15. The third-order valence-electron chi connectivity index (χ3n) is 4.46. The first-order valence-corrected chi connectivity index (χ1v) is 10.6. The number of fused-ring (bicyclic) bond motifs is 1. The van der Waals surface area contributed by atoms with Crippen molar-refractivity contribution >= 4 is 21.0 Å². The van der Waals surface area contributed by atoms with Gasteiger partial charge in [-0.05, 0) is 48.5 Å². The van der Waals surface area contributed by atoms with Gasteiger partial charge in [-0.3, -0.25) is 0 Å². The highest BCUT2D eigenvalue weighted by molar-refractivity contribution is 7.89. The number of rotatable bonds is 7. The first-order valence-electron chi connectivity index (χ1n) is 9.07. The molecule has 0 aliphatic heterocycles. The summed E-state index contributed by atoms with van der Waals surface area (Å²) in [4.78, 5) is 15.7. The van der Waals surface area contributed by atoms with E-state index in [9.17, 15) is 13.2 Å². The topological polar surface area (TPSA) is 112 Å². The summed E-state index contributed by atoms with van der Waals surface area (Å²) in [5.74, 6) is 1.18. The second kappa shape index (κ2) is 8.13. The molecule has 2 aromatic carbocycles. The van der Waals surface area contributed by atoms with E-state index in [2.05, 4.69) is 9.71 Å². The van der Waals surface area contributed by atoms with Gasteiger partial charge in [-0.1, -0.05) is 0 Å². The minimum Gasteiger partial charge on any atom is -0.497 e. The predicted molar refractivity (Wildman–Crippen MR) is 110 cm³/mol. The van der Waals surface area contributed by atoms with E-state index < -0.39 is 15.6 Å². The Morgan fingerprint density at radius 1 is 1.07 bits per heavy atom. The quantitative estimate of drug-likeness (QED) is 0.452. The van der Waals surface area contributed by atoms with Gasteiger partial charge in [-0.15, -0.1) is 0 Å². The van der Waals surface area contributed by atoms with E-state index in [-0.39, 0.29) is 11.4 Å². The average Bonchev–Trinajstić information content (AvgIpc) is 3.22. The van der Waals surface area contributed by atoms with Gasteiger partial charge >= 0.3 is 5.63 Å². The van der Waals surface area contributed by atoms with E-state index in [0.29, 0.717) is 29.0 Å². The number of oxazole rings is 1. The Morgan fingerprint density at radius 2 is 1.87 bits per heavy atom. The van der Waals surface area contributed by atoms with Crippen LogP contribution < -0.4 is 15.1 Å². The molecule has 30 heavy (non-hydrogen) atoms. The van der Waals surface area contributed by atoms with Crippen LogP contribution in [0.1, 0.15) is 5.69 Å². The Labute approximate surface area is 172 Å². The summed E-state index contributed by atoms with van der Waals surface area (Å²) in [5.41, 5.74) is 1.27. The second-order valence-electron chi connectivity index (χ2n) is 6.47. The van der Waals surface area contributed by atoms with Gasteiger partial charge < -0.3 is 13.6 Å². The van der Waals surface area contributed by atoms with Gasteiger partial charge in [0.05, 0.1) is 17.7 Å². The molecule has 1 N–H and O–H groups in total. The van der Waals surface area contributed by atoms with Gasteiger partial charge in [0.1, 0.15) is 17.6 Å². The fourth-order valence-electron chi connectivity index (χ4n) is 2.90. The van der Waals surface area contributed by atoms with Gasteiger partial charge in [0.15, 0.2) is 0 Å². The molecule has 4 rings (SSSR count). The van der Waals surface area contributed by atoms with E-state index in [4.69, 9.17) is 13.6 Å². The van der Waals surface area contributed by atoms with E-state index in [0.717, 1.165) is 11.3 Å². The van der Waals surface area contributed by atoms with Crippen molar-refractivity contribution in [2.75, 3.05) is 13.7 Å². The summed E-state index contributed by atoms with van der Waals surface area (Å²) >= 11 is 0. The number of ether oxygens (including phenoxy) is 1. The molecule has 0 aliphatic carbocycles. The Kier molecular flexibility index (Phi) is 5.39. The molecule has 0 saturated heterocycles. The lowest BCUT2D eigenvalue weighted by Gasteiger charge is -2.06. The molecule has 9 heteroatoms. The average molecular weight is 426 g/mol. The van der Waals surface area contributed by atoms with Crippen molar-refractivity contribution in [1.82, 2.24) is 9.71 Å². The summed E-state index contributed by atoms with van der Waals surface area (Å²) in [6.07, 6.45) is 1.87. The Bertz CT molecular complexity index is 1340. The molecule has 0 fully saturated rings. The maximum atomic E-state index is 12.6. The van der Waals surface area contributed by atoms with Crippen molar-refractivity contribution in [1.29, 1.82) is 0 Å². The number of benzene rings is 2. The lowest BCUT2D eigenvalue weighted by molar-refractivity contribution is 0.415. The maximum Gasteiger partial charge on any atom is 0.336 e. The lowest BCUT2D eigenvalue weighted by atomic mass is 10.2. The largest absolute Gasteiger partial charge is 0.497 e. The van der Waals surface area contributed by atoms with Gasteiger partial charge in [0, 0.05) is 30.0 Å². The van der Waals surface area contributed by atoms with Crippen LogP contribution in [0.4, 0.5) is 0 Å². The third-order valence-corrected chi connectivity index (χ3v) is 5.92. The van der Waals surface area contributed by atoms with Crippen LogP contribution in [-0.4, -0.2) is 27.1 Å². The lowest BCUT2D eigenvalue weighted by Crippen LogP contribution is -2.26. The number of aromatic nitrogens is 1. The summed E-state index contributed by atoms with van der Waals surface area (Å²) in [7, 11) is -2.13. The standard InChI is InChI=1S/C21H18N2O6S/c1-27-17-5-2-14(3-6-17)21-23-16(13-28-21)10-11-22-30(25,26)18-7-8-19-15(12-18)4-9-20(24)29-19/h2-9,12-13,22H,10-11H2,1H3. The van der Waals surface area contributed by atoms with Crippen molar-refractivity contribution in [3.63, 3.8) is 0 Å². The van der Waals surface area contributed by atoms with Crippen LogP contribution in [-0.2, 0) is 16.4 Å². The fraction of sp³-hybridized carbons (Fsp3) is 0.143. The number of hydrogen-bond donors (Lipinski definition) is 1. The first kappa shape index (κ1) is 19.9. The molecule has 0 spiro atoms. The summed E-state index contributed by atoms with van der Waals surface area (Å²) in [6, 6.07) is 14.4. The van der Waals surface area contributed by atoms with Gasteiger partial charge in [-0.2, -0.15) is 0 Å². The van der Waals surface area contributed by atoms with E-state index >= 15 is 0 Å². The minimum absolute atomic E-state index is 0.0860. The van der Waals surface area contributed by atoms with Crippen molar-refractivity contribution in [3.05, 3.63) is 77.0 Å². The van der Waals surface area contributed by atoms with Crippen LogP contribution >= 0.6 is 0 Å². The Morgan fingerprint density at radius 3 is 2.63 bits per heavy atom. The molecule has 8 nitrogen and oxygen atoms in total. The monoisotopic (exact) mass is 426 g/mol. The molecule has 0 bridgehead atoms. The fourth-order valence-corrected chi connectivity index (χ4v) is 3.97. The van der Waals surface area contributed by atoms with Crippen LogP contribution in [0, 0.1) is 0 Å². The first-order chi connectivity index (χ1) is 14.4. The number of sulfonamides is 1. The molecule has 0 unspecified atom stereocenters. The minimum atomic E-state index is -3.73. The SMILES string of the molecule is COc1ccc(-c2nc(CCNS(=O)(=O)c3ccc4oc(=O)ccc4c3)co2)cc1. The van der Waals surface area contributed by atoms with Crippen molar-refractivity contribution in [2.45, 2.75) is 11.3 Å². The van der Waals surface area contributed by atoms with Gasteiger partial charge in [-0.25, -0.2) is 22.9 Å². The Hall–Kier alpha value is -3.43. The predicted octanol–water partition coefficient (Wildman–Crippen LogP) is 2.98. The van der Waals surface area contributed by atoms with Crippen molar-refractivity contribution in [3.8, 4) is 17.2 Å². The smallest absolute Gasteiger partial charge is 0.336 e. The van der Waals surface area contributed by atoms with Crippen molar-refractivity contribution in [2.24, 2.45) is 0 Å². The number of nitrogens with zero attached hydrogens (tertiary/aromatic N) is 1. The van der Waals surface area contributed by atoms with Crippen LogP contribution in [0.15, 0.2) is 79.4 Å². The highest BCUT2D eigenvalue weighted by atomic mass is 32.2. The third kappa shape index (κ3) is 4.27. The van der Waals surface area contributed by atoms with Crippen LogP contribution in [0.2, 0.25) is 0 Å².